The van der Waals surface area contributed by atoms with Crippen LogP contribution in [0.2, 0.25) is 5.02 Å². The summed E-state index contributed by atoms with van der Waals surface area (Å²) in [6.45, 7) is 0. The van der Waals surface area contributed by atoms with Crippen molar-refractivity contribution in [3.63, 3.8) is 0 Å². The van der Waals surface area contributed by atoms with Crippen molar-refractivity contribution in [1.82, 2.24) is 20.4 Å². The second-order valence-corrected chi connectivity index (χ2v) is 5.11. The van der Waals surface area contributed by atoms with Crippen molar-refractivity contribution in [2.75, 3.05) is 0 Å². The Morgan fingerprint density at radius 2 is 1.77 bits per heavy atom. The minimum atomic E-state index is -5.08. The van der Waals surface area contributed by atoms with Gasteiger partial charge in [0.1, 0.15) is 5.69 Å². The highest BCUT2D eigenvalue weighted by atomic mass is 35.5. The predicted octanol–water partition coefficient (Wildman–Crippen LogP) is 3.00. The molecule has 12 heteroatoms. The molecule has 0 saturated heterocycles. The summed E-state index contributed by atoms with van der Waals surface area (Å²) in [6.07, 6.45) is -5.08. The maximum atomic E-state index is 11.0. The number of rotatable bonds is 2. The zero-order valence-corrected chi connectivity index (χ0v) is 13.2. The predicted molar refractivity (Wildman–Crippen MR) is 82.8 cm³/mol. The second kappa shape index (κ2) is 7.35. The maximum Gasteiger partial charge on any atom is 0.490 e. The fourth-order valence-corrected chi connectivity index (χ4v) is 1.97. The summed E-state index contributed by atoms with van der Waals surface area (Å²) in [5.74, 6) is -3.88. The fourth-order valence-electron chi connectivity index (χ4n) is 1.78. The molecule has 0 aliphatic heterocycles. The van der Waals surface area contributed by atoms with Crippen LogP contribution in [0.25, 0.3) is 22.3 Å². The third kappa shape index (κ3) is 4.45. The first-order chi connectivity index (χ1) is 12.1. The van der Waals surface area contributed by atoms with E-state index in [4.69, 9.17) is 26.6 Å². The summed E-state index contributed by atoms with van der Waals surface area (Å²) in [5, 5.41) is 27.2. The quantitative estimate of drug-likeness (QED) is 0.615. The lowest BCUT2D eigenvalue weighted by Gasteiger charge is -2.01. The van der Waals surface area contributed by atoms with Gasteiger partial charge in [0.2, 0.25) is 0 Å². The van der Waals surface area contributed by atoms with Gasteiger partial charge in [0.15, 0.2) is 5.69 Å². The number of carbonyl (C=O) groups is 2. The van der Waals surface area contributed by atoms with E-state index in [0.717, 1.165) is 5.39 Å². The molecule has 0 radical (unpaired) electrons. The Morgan fingerprint density at radius 1 is 1.12 bits per heavy atom. The fraction of sp³-hybridized carbons (Fsp3) is 0.0714. The van der Waals surface area contributed by atoms with Crippen molar-refractivity contribution in [2.24, 2.45) is 0 Å². The Balaban J connectivity index is 0.000000298. The van der Waals surface area contributed by atoms with Gasteiger partial charge in [0.25, 0.3) is 0 Å². The number of benzene rings is 1. The molecule has 0 saturated carbocycles. The van der Waals surface area contributed by atoms with Crippen molar-refractivity contribution in [3.8, 4) is 11.4 Å². The number of nitrogens with one attached hydrogen (secondary N) is 1. The van der Waals surface area contributed by atoms with E-state index >= 15 is 0 Å². The number of hydrogen-bond donors (Lipinski definition) is 3. The van der Waals surface area contributed by atoms with Crippen LogP contribution in [0.5, 0.6) is 0 Å². The molecule has 0 bridgehead atoms. The Labute approximate surface area is 147 Å². The topological polar surface area (TPSA) is 129 Å². The number of pyridine rings is 1. The molecule has 3 N–H and O–H groups in total. The lowest BCUT2D eigenvalue weighted by atomic mass is 10.1. The molecule has 1 aromatic carbocycles. The number of aromatic nitrogens is 4. The summed E-state index contributed by atoms with van der Waals surface area (Å²) in [6, 6.07) is 8.77. The standard InChI is InChI=1S/C12H7ClN4O2.C2HF3O2/c13-7-2-4-8-6(5-7)1-3-9(14-8)10-11(12(18)19)16-17-15-10;3-2(4,5)1(6)7/h1-5H,(H,18,19)(H,15,16,17);(H,6,7). The molecule has 0 aliphatic carbocycles. The molecule has 8 nitrogen and oxygen atoms in total. The summed E-state index contributed by atoms with van der Waals surface area (Å²) in [5.41, 5.74) is 1.28. The van der Waals surface area contributed by atoms with Gasteiger partial charge in [-0.1, -0.05) is 22.9 Å². The van der Waals surface area contributed by atoms with Gasteiger partial charge in [-0.25, -0.2) is 14.6 Å². The van der Waals surface area contributed by atoms with Crippen LogP contribution in [-0.4, -0.2) is 48.7 Å². The van der Waals surface area contributed by atoms with E-state index in [1.54, 1.807) is 24.3 Å². The molecule has 0 atom stereocenters. The highest BCUT2D eigenvalue weighted by molar-refractivity contribution is 6.31. The third-order valence-electron chi connectivity index (χ3n) is 2.90. The summed E-state index contributed by atoms with van der Waals surface area (Å²) < 4.78 is 31.7. The Kier molecular flexibility index (Phi) is 5.41. The van der Waals surface area contributed by atoms with E-state index in [0.29, 0.717) is 16.2 Å². The molecular weight excluding hydrogens is 381 g/mol. The zero-order chi connectivity index (χ0) is 19.5. The van der Waals surface area contributed by atoms with Crippen molar-refractivity contribution in [2.45, 2.75) is 6.18 Å². The van der Waals surface area contributed by atoms with Crippen molar-refractivity contribution >= 4 is 34.4 Å². The SMILES string of the molecule is O=C(O)C(F)(F)F.O=C(O)c1[nH]nnc1-c1ccc2cc(Cl)ccc2n1. The van der Waals surface area contributed by atoms with Crippen LogP contribution in [-0.2, 0) is 4.79 Å². The smallest absolute Gasteiger partial charge is 0.476 e. The number of hydrogen-bond acceptors (Lipinski definition) is 5. The first kappa shape index (κ1) is 19.1. The first-order valence-corrected chi connectivity index (χ1v) is 6.98. The van der Waals surface area contributed by atoms with Gasteiger partial charge in [-0.15, -0.1) is 5.10 Å². The molecule has 0 spiro atoms. The highest BCUT2D eigenvalue weighted by Crippen LogP contribution is 2.23. The van der Waals surface area contributed by atoms with E-state index in [-0.39, 0.29) is 11.4 Å². The minimum absolute atomic E-state index is 0.0826. The molecule has 3 rings (SSSR count). The zero-order valence-electron chi connectivity index (χ0n) is 12.5. The average Bonchev–Trinajstić information content (AvgIpc) is 3.04. The molecule has 0 amide bonds. The molecule has 26 heavy (non-hydrogen) atoms. The number of fused-ring (bicyclic) bond motifs is 1. The summed E-state index contributed by atoms with van der Waals surface area (Å²) >= 11 is 5.89. The van der Waals surface area contributed by atoms with E-state index < -0.39 is 18.1 Å². The lowest BCUT2D eigenvalue weighted by molar-refractivity contribution is -0.192. The van der Waals surface area contributed by atoms with Crippen LogP contribution < -0.4 is 0 Å². The number of alkyl halides is 3. The van der Waals surface area contributed by atoms with Crippen LogP contribution in [0, 0.1) is 0 Å². The maximum absolute atomic E-state index is 11.0. The number of aliphatic carboxylic acids is 1. The average molecular weight is 389 g/mol. The highest BCUT2D eigenvalue weighted by Gasteiger charge is 2.38. The molecule has 2 aromatic heterocycles. The van der Waals surface area contributed by atoms with Gasteiger partial charge < -0.3 is 10.2 Å². The number of nitrogens with zero attached hydrogens (tertiary/aromatic N) is 3. The first-order valence-electron chi connectivity index (χ1n) is 6.60. The van der Waals surface area contributed by atoms with Crippen molar-refractivity contribution in [1.29, 1.82) is 0 Å². The largest absolute Gasteiger partial charge is 0.490 e. The molecule has 0 unspecified atom stereocenters. The number of aromatic carboxylic acids is 1. The van der Waals surface area contributed by atoms with Crippen LogP contribution >= 0.6 is 11.6 Å². The van der Waals surface area contributed by atoms with Gasteiger partial charge in [-0.3, -0.25) is 5.10 Å². The number of carboxylic acid groups (broad SMARTS) is 2. The van der Waals surface area contributed by atoms with E-state index in [2.05, 4.69) is 20.4 Å². The Hall–Kier alpha value is -3.21. The molecular formula is C14H8ClF3N4O4. The summed E-state index contributed by atoms with van der Waals surface area (Å²) in [7, 11) is 0. The van der Waals surface area contributed by atoms with Gasteiger partial charge in [0.05, 0.1) is 11.2 Å². The van der Waals surface area contributed by atoms with Crippen LogP contribution in [0.4, 0.5) is 13.2 Å². The number of carboxylic acids is 2. The molecule has 0 aliphatic rings. The van der Waals surface area contributed by atoms with E-state index in [9.17, 15) is 18.0 Å². The van der Waals surface area contributed by atoms with Crippen LogP contribution in [0.3, 0.4) is 0 Å². The van der Waals surface area contributed by atoms with Crippen molar-refractivity contribution in [3.05, 3.63) is 41.0 Å². The monoisotopic (exact) mass is 388 g/mol. The van der Waals surface area contributed by atoms with Gasteiger partial charge >= 0.3 is 18.1 Å². The Bertz CT molecular complexity index is 974. The second-order valence-electron chi connectivity index (χ2n) is 4.68. The number of aromatic amines is 1. The van der Waals surface area contributed by atoms with Gasteiger partial charge in [-0.05, 0) is 24.3 Å². The molecule has 136 valence electrons. The molecule has 0 fully saturated rings. The van der Waals surface area contributed by atoms with Gasteiger partial charge in [-0.2, -0.15) is 13.2 Å². The van der Waals surface area contributed by atoms with E-state index in [1.165, 1.54) is 0 Å². The molecule has 2 heterocycles. The van der Waals surface area contributed by atoms with Crippen molar-refractivity contribution < 1.29 is 33.0 Å². The normalized spacial score (nSPS) is 10.9. The van der Waals surface area contributed by atoms with Crippen LogP contribution in [0.15, 0.2) is 30.3 Å². The van der Waals surface area contributed by atoms with Gasteiger partial charge in [0, 0.05) is 10.4 Å². The lowest BCUT2D eigenvalue weighted by Crippen LogP contribution is -2.21. The van der Waals surface area contributed by atoms with E-state index in [1.807, 2.05) is 6.07 Å². The Morgan fingerprint density at radius 3 is 2.35 bits per heavy atom. The number of H-pyrrole nitrogens is 1. The molecule has 3 aromatic rings. The third-order valence-corrected chi connectivity index (χ3v) is 3.13. The number of halogens is 4. The van der Waals surface area contributed by atoms with Crippen LogP contribution in [0.1, 0.15) is 10.5 Å². The minimum Gasteiger partial charge on any atom is -0.476 e. The summed E-state index contributed by atoms with van der Waals surface area (Å²) in [4.78, 5) is 24.3.